The van der Waals surface area contributed by atoms with Crippen LogP contribution in [0.5, 0.6) is 0 Å². The molecule has 0 N–H and O–H groups in total. The number of aromatic nitrogens is 2. The summed E-state index contributed by atoms with van der Waals surface area (Å²) in [5.74, 6) is 0.796. The summed E-state index contributed by atoms with van der Waals surface area (Å²) in [5.41, 5.74) is 0. The van der Waals surface area contributed by atoms with E-state index in [1.807, 2.05) is 0 Å². The van der Waals surface area contributed by atoms with E-state index in [4.69, 9.17) is 11.6 Å². The van der Waals surface area contributed by atoms with E-state index in [0.29, 0.717) is 10.5 Å². The van der Waals surface area contributed by atoms with Crippen molar-refractivity contribution < 1.29 is 0 Å². The van der Waals surface area contributed by atoms with Crippen molar-refractivity contribution in [2.24, 2.45) is 5.92 Å². The molecule has 0 spiro atoms. The van der Waals surface area contributed by atoms with Gasteiger partial charge in [0.2, 0.25) is 4.47 Å². The molecule has 1 aromatic rings. The largest absolute Gasteiger partial charge is 0.294 e. The van der Waals surface area contributed by atoms with Crippen LogP contribution in [0.25, 0.3) is 0 Å². The molecule has 1 saturated heterocycles. The monoisotopic (exact) mass is 245 g/mol. The normalized spacial score (nSPS) is 28.2. The molecule has 1 aliphatic rings. The van der Waals surface area contributed by atoms with Crippen molar-refractivity contribution in [3.05, 3.63) is 9.47 Å². The van der Waals surface area contributed by atoms with Crippen molar-refractivity contribution in [1.82, 2.24) is 15.1 Å². The van der Waals surface area contributed by atoms with E-state index in [9.17, 15) is 0 Å². The maximum atomic E-state index is 5.77. The van der Waals surface area contributed by atoms with Gasteiger partial charge in [-0.2, -0.15) is 0 Å². The Hall–Kier alpha value is -0.190. The Labute approximate surface area is 99.5 Å². The van der Waals surface area contributed by atoms with Crippen LogP contribution >= 0.6 is 22.9 Å². The van der Waals surface area contributed by atoms with Crippen LogP contribution in [0.4, 0.5) is 0 Å². The highest BCUT2D eigenvalue weighted by Crippen LogP contribution is 2.24. The molecular formula is C10H16ClN3S. The summed E-state index contributed by atoms with van der Waals surface area (Å²) >= 11 is 7.26. The summed E-state index contributed by atoms with van der Waals surface area (Å²) < 4.78 is 0.544. The third-order valence-corrected chi connectivity index (χ3v) is 4.03. The number of nitrogens with zero attached hydrogens (tertiary/aromatic N) is 3. The maximum absolute atomic E-state index is 5.77. The van der Waals surface area contributed by atoms with E-state index in [1.165, 1.54) is 30.7 Å². The van der Waals surface area contributed by atoms with Crippen molar-refractivity contribution in [1.29, 1.82) is 0 Å². The fourth-order valence-corrected chi connectivity index (χ4v) is 2.96. The van der Waals surface area contributed by atoms with Gasteiger partial charge < -0.3 is 0 Å². The number of halogens is 1. The molecule has 0 aromatic carbocycles. The average Bonchev–Trinajstić information content (AvgIpc) is 2.58. The Morgan fingerprint density at radius 3 is 2.87 bits per heavy atom. The van der Waals surface area contributed by atoms with Crippen LogP contribution in [0, 0.1) is 5.92 Å². The molecule has 15 heavy (non-hydrogen) atoms. The number of hydrogen-bond donors (Lipinski definition) is 0. The molecule has 0 bridgehead atoms. The molecule has 5 heteroatoms. The molecule has 0 saturated carbocycles. The summed E-state index contributed by atoms with van der Waals surface area (Å²) in [5, 5.41) is 8.93. The molecule has 2 rings (SSSR count). The Kier molecular flexibility index (Phi) is 3.59. The van der Waals surface area contributed by atoms with Gasteiger partial charge in [0.1, 0.15) is 5.01 Å². The van der Waals surface area contributed by atoms with Gasteiger partial charge in [-0.25, -0.2) is 0 Å². The lowest BCUT2D eigenvalue weighted by Gasteiger charge is -2.35. The van der Waals surface area contributed by atoms with Gasteiger partial charge >= 0.3 is 0 Å². The molecule has 3 nitrogen and oxygen atoms in total. The van der Waals surface area contributed by atoms with Crippen molar-refractivity contribution in [3.63, 3.8) is 0 Å². The van der Waals surface area contributed by atoms with E-state index in [0.717, 1.165) is 17.5 Å². The summed E-state index contributed by atoms with van der Waals surface area (Å²) in [6.45, 7) is 6.66. The van der Waals surface area contributed by atoms with Gasteiger partial charge in [-0.1, -0.05) is 18.3 Å². The Balaban J connectivity index is 1.98. The minimum atomic E-state index is 0.544. The van der Waals surface area contributed by atoms with Crippen LogP contribution in [0.3, 0.4) is 0 Å². The molecular weight excluding hydrogens is 230 g/mol. The second-order valence-electron chi connectivity index (χ2n) is 4.41. The fraction of sp³-hybridized carbons (Fsp3) is 0.800. The van der Waals surface area contributed by atoms with E-state index in [-0.39, 0.29) is 0 Å². The molecule has 2 atom stereocenters. The fourth-order valence-electron chi connectivity index (χ4n) is 2.07. The van der Waals surface area contributed by atoms with E-state index < -0.39 is 0 Å². The smallest absolute Gasteiger partial charge is 0.207 e. The molecule has 1 fully saturated rings. The number of hydrogen-bond acceptors (Lipinski definition) is 4. The van der Waals surface area contributed by atoms with Crippen LogP contribution in [0.1, 0.15) is 31.7 Å². The Morgan fingerprint density at radius 1 is 1.40 bits per heavy atom. The van der Waals surface area contributed by atoms with Gasteiger partial charge in [0.15, 0.2) is 0 Å². The second-order valence-corrected chi connectivity index (χ2v) is 6.05. The molecule has 0 amide bonds. The molecule has 84 valence electrons. The lowest BCUT2D eigenvalue weighted by atomic mass is 9.95. The minimum absolute atomic E-state index is 0.544. The molecule has 2 unspecified atom stereocenters. The number of piperidine rings is 1. The first-order valence-corrected chi connectivity index (χ1v) is 6.56. The minimum Gasteiger partial charge on any atom is -0.294 e. The van der Waals surface area contributed by atoms with Crippen LogP contribution in [-0.2, 0) is 6.54 Å². The lowest BCUT2D eigenvalue weighted by Crippen LogP contribution is -2.40. The van der Waals surface area contributed by atoms with Crippen LogP contribution in [0.15, 0.2) is 0 Å². The third-order valence-electron chi connectivity index (χ3n) is 3.03. The average molecular weight is 246 g/mol. The van der Waals surface area contributed by atoms with Gasteiger partial charge in [-0.15, -0.1) is 10.2 Å². The van der Waals surface area contributed by atoms with Crippen LogP contribution in [-0.4, -0.2) is 27.7 Å². The van der Waals surface area contributed by atoms with E-state index in [2.05, 4.69) is 28.9 Å². The zero-order chi connectivity index (χ0) is 10.8. The van der Waals surface area contributed by atoms with Crippen molar-refractivity contribution >= 4 is 22.9 Å². The summed E-state index contributed by atoms with van der Waals surface area (Å²) in [7, 11) is 0. The predicted molar refractivity (Wildman–Crippen MR) is 63.2 cm³/mol. The molecule has 1 aliphatic heterocycles. The van der Waals surface area contributed by atoms with Crippen molar-refractivity contribution in [2.45, 2.75) is 39.3 Å². The zero-order valence-corrected chi connectivity index (χ0v) is 10.7. The van der Waals surface area contributed by atoms with Gasteiger partial charge in [0, 0.05) is 12.6 Å². The number of likely N-dealkylation sites (tertiary alicyclic amines) is 1. The van der Waals surface area contributed by atoms with Crippen molar-refractivity contribution in [3.8, 4) is 0 Å². The maximum Gasteiger partial charge on any atom is 0.207 e. The first kappa shape index (κ1) is 11.3. The van der Waals surface area contributed by atoms with Crippen LogP contribution in [0.2, 0.25) is 4.47 Å². The predicted octanol–water partition coefficient (Wildman–Crippen LogP) is 2.81. The van der Waals surface area contributed by atoms with E-state index >= 15 is 0 Å². The molecule has 0 aliphatic carbocycles. The third kappa shape index (κ3) is 2.89. The van der Waals surface area contributed by atoms with E-state index in [1.54, 1.807) is 0 Å². The SMILES string of the molecule is CC1CCC(C)N(Cc2nnc(Cl)s2)C1. The Bertz CT molecular complexity index is 328. The molecule has 2 heterocycles. The van der Waals surface area contributed by atoms with Gasteiger partial charge in [-0.05, 0) is 37.3 Å². The van der Waals surface area contributed by atoms with Crippen molar-refractivity contribution in [2.75, 3.05) is 6.54 Å². The standard InChI is InChI=1S/C10H16ClN3S/c1-7-3-4-8(2)14(5-7)6-9-12-13-10(11)15-9/h7-8H,3-6H2,1-2H3. The zero-order valence-electron chi connectivity index (χ0n) is 9.11. The highest BCUT2D eigenvalue weighted by Gasteiger charge is 2.23. The van der Waals surface area contributed by atoms with Gasteiger partial charge in [-0.3, -0.25) is 4.90 Å². The Morgan fingerprint density at radius 2 is 2.20 bits per heavy atom. The first-order valence-electron chi connectivity index (χ1n) is 5.37. The highest BCUT2D eigenvalue weighted by molar-refractivity contribution is 7.15. The topological polar surface area (TPSA) is 29.0 Å². The molecule has 0 radical (unpaired) electrons. The first-order chi connectivity index (χ1) is 7.15. The molecule has 1 aromatic heterocycles. The summed E-state index contributed by atoms with van der Waals surface area (Å²) in [6, 6.07) is 0.656. The quantitative estimate of drug-likeness (QED) is 0.803. The number of rotatable bonds is 2. The summed E-state index contributed by atoms with van der Waals surface area (Å²) in [4.78, 5) is 2.48. The van der Waals surface area contributed by atoms with Gasteiger partial charge in [0.05, 0.1) is 6.54 Å². The van der Waals surface area contributed by atoms with Gasteiger partial charge in [0.25, 0.3) is 0 Å². The highest BCUT2D eigenvalue weighted by atomic mass is 35.5. The lowest BCUT2D eigenvalue weighted by molar-refractivity contribution is 0.117. The second kappa shape index (κ2) is 4.76. The summed E-state index contributed by atoms with van der Waals surface area (Å²) in [6.07, 6.45) is 2.63. The van der Waals surface area contributed by atoms with Crippen LogP contribution < -0.4 is 0 Å².